The van der Waals surface area contributed by atoms with E-state index in [1.54, 1.807) is 30.3 Å². The van der Waals surface area contributed by atoms with Gasteiger partial charge in [-0.25, -0.2) is 9.18 Å². The molecule has 5 rings (SSSR count). The molecule has 0 bridgehead atoms. The average Bonchev–Trinajstić information content (AvgIpc) is 3.87. The Morgan fingerprint density at radius 2 is 1.64 bits per heavy atom. The minimum Gasteiger partial charge on any atom is -0.598 e. The van der Waals surface area contributed by atoms with Crippen LogP contribution in [0.1, 0.15) is 106 Å². The maximum Gasteiger partial charge on any atom is 0.436 e. The highest BCUT2D eigenvalue weighted by Crippen LogP contribution is 2.43. The minimum absolute atomic E-state index is 0.196. The highest BCUT2D eigenvalue weighted by Gasteiger charge is 2.43. The summed E-state index contributed by atoms with van der Waals surface area (Å²) in [7, 11) is 0. The summed E-state index contributed by atoms with van der Waals surface area (Å²) in [6.45, 7) is 11.3. The van der Waals surface area contributed by atoms with Crippen LogP contribution in [0.25, 0.3) is 0 Å². The van der Waals surface area contributed by atoms with E-state index in [0.29, 0.717) is 28.3 Å². The first-order chi connectivity index (χ1) is 25.0. The van der Waals surface area contributed by atoms with E-state index in [1.807, 2.05) is 77.9 Å². The first-order valence-corrected chi connectivity index (χ1v) is 18.5. The summed E-state index contributed by atoms with van der Waals surface area (Å²) in [6.07, 6.45) is 2.65. The molecule has 1 aromatic heterocycles. The van der Waals surface area contributed by atoms with Crippen LogP contribution in [0, 0.1) is 34.4 Å². The molecule has 3 aromatic carbocycles. The number of carbonyl (C=O) groups excluding carboxylic acids is 2. The van der Waals surface area contributed by atoms with Gasteiger partial charge in [-0.05, 0) is 101 Å². The van der Waals surface area contributed by atoms with Crippen molar-refractivity contribution in [3.8, 4) is 12.1 Å². The number of aromatic nitrogens is 2. The van der Waals surface area contributed by atoms with Crippen LogP contribution in [0.5, 0.6) is 0 Å². The smallest absolute Gasteiger partial charge is 0.436 e. The number of hydrogen-bond donors (Lipinski definition) is 2. The van der Waals surface area contributed by atoms with Gasteiger partial charge in [0.1, 0.15) is 22.2 Å². The molecule has 276 valence electrons. The molecule has 0 aliphatic heterocycles. The molecule has 13 heteroatoms. The monoisotopic (exact) mass is 737 g/mol. The Morgan fingerprint density at radius 3 is 2.23 bits per heavy atom. The summed E-state index contributed by atoms with van der Waals surface area (Å²) >= 11 is -1.58. The molecule has 53 heavy (non-hydrogen) atoms. The van der Waals surface area contributed by atoms with Gasteiger partial charge in [0, 0.05) is 29.5 Å². The molecule has 1 unspecified atom stereocenters. The molecule has 1 heterocycles. The van der Waals surface area contributed by atoms with Gasteiger partial charge in [0.2, 0.25) is 0 Å². The van der Waals surface area contributed by atoms with Crippen molar-refractivity contribution in [2.75, 3.05) is 5.32 Å². The molecule has 0 saturated heterocycles. The Morgan fingerprint density at radius 1 is 0.981 bits per heavy atom. The van der Waals surface area contributed by atoms with E-state index in [2.05, 4.69) is 21.2 Å². The molecule has 4 aromatic rings. The lowest BCUT2D eigenvalue weighted by molar-refractivity contribution is 0.0440. The fourth-order valence-electron chi connectivity index (χ4n) is 5.77. The van der Waals surface area contributed by atoms with E-state index in [9.17, 15) is 24.7 Å². The SMILES string of the molecule is CC(C)(C)N(Cc1ccccc1)C(=O)On1nc(C#N)cc1C(=O)Nc1cc([C@](CCC2CC2)(N[S+]([O-])C(C)(C)C)c2ccc(C#N)cc2)ccc1F. The van der Waals surface area contributed by atoms with Crippen LogP contribution in [-0.4, -0.2) is 41.7 Å². The molecule has 1 fully saturated rings. The Labute approximate surface area is 313 Å². The molecule has 0 radical (unpaired) electrons. The zero-order chi connectivity index (χ0) is 38.6. The Kier molecular flexibility index (Phi) is 11.6. The Hall–Kier alpha value is -5.21. The van der Waals surface area contributed by atoms with Gasteiger partial charge in [0.05, 0.1) is 17.3 Å². The third-order valence-corrected chi connectivity index (χ3v) is 10.7. The summed E-state index contributed by atoms with van der Waals surface area (Å²) in [6, 6.07) is 25.7. The number of amides is 2. The third-order valence-electron chi connectivity index (χ3n) is 9.07. The lowest BCUT2D eigenvalue weighted by Crippen LogP contribution is -2.52. The van der Waals surface area contributed by atoms with Gasteiger partial charge in [-0.3, -0.25) is 14.5 Å². The van der Waals surface area contributed by atoms with Crippen molar-refractivity contribution in [3.63, 3.8) is 0 Å². The Balaban J connectivity index is 1.51. The van der Waals surface area contributed by atoms with E-state index in [1.165, 1.54) is 17.0 Å². The lowest BCUT2D eigenvalue weighted by atomic mass is 9.79. The number of carbonyl (C=O) groups is 2. The van der Waals surface area contributed by atoms with E-state index in [4.69, 9.17) is 4.84 Å². The number of nitriles is 2. The van der Waals surface area contributed by atoms with Gasteiger partial charge in [-0.1, -0.05) is 66.2 Å². The maximum atomic E-state index is 15.6. The van der Waals surface area contributed by atoms with E-state index >= 15 is 4.39 Å². The predicted molar refractivity (Wildman–Crippen MR) is 200 cm³/mol. The number of anilines is 1. The quantitative estimate of drug-likeness (QED) is 0.143. The minimum atomic E-state index is -1.58. The van der Waals surface area contributed by atoms with Gasteiger partial charge < -0.3 is 9.87 Å². The molecular formula is C40H44FN7O4S. The first-order valence-electron chi connectivity index (χ1n) is 17.4. The first kappa shape index (κ1) is 39.0. The van der Waals surface area contributed by atoms with Crippen LogP contribution < -0.4 is 14.9 Å². The Bertz CT molecular complexity index is 2020. The number of rotatable bonds is 12. The van der Waals surface area contributed by atoms with Gasteiger partial charge >= 0.3 is 6.09 Å². The fourth-order valence-corrected chi connectivity index (χ4v) is 6.73. The molecular weight excluding hydrogens is 694 g/mol. The zero-order valence-electron chi connectivity index (χ0n) is 30.8. The summed E-state index contributed by atoms with van der Waals surface area (Å²) < 4.78 is 32.2. The number of nitrogens with one attached hydrogen (secondary N) is 2. The maximum absolute atomic E-state index is 15.6. The second kappa shape index (κ2) is 15.8. The zero-order valence-corrected chi connectivity index (χ0v) is 31.6. The molecule has 1 aliphatic rings. The second-order valence-electron chi connectivity index (χ2n) is 15.2. The van der Waals surface area contributed by atoms with Crippen molar-refractivity contribution in [1.29, 1.82) is 10.5 Å². The van der Waals surface area contributed by atoms with Crippen molar-refractivity contribution in [2.45, 2.75) is 89.6 Å². The average molecular weight is 738 g/mol. The number of benzene rings is 3. The fraction of sp³-hybridized carbons (Fsp3) is 0.375. The van der Waals surface area contributed by atoms with Crippen LogP contribution in [0.4, 0.5) is 14.9 Å². The number of hydrogen-bond acceptors (Lipinski definition) is 8. The number of nitrogens with zero attached hydrogens (tertiary/aromatic N) is 5. The molecule has 1 saturated carbocycles. The summed E-state index contributed by atoms with van der Waals surface area (Å²) in [4.78, 5) is 35.1. The van der Waals surface area contributed by atoms with Crippen molar-refractivity contribution >= 4 is 29.0 Å². The molecule has 2 atom stereocenters. The molecule has 2 amide bonds. The van der Waals surface area contributed by atoms with Crippen LogP contribution in [0.15, 0.2) is 78.9 Å². The molecule has 0 spiro atoms. The molecule has 2 N–H and O–H groups in total. The van der Waals surface area contributed by atoms with Crippen LogP contribution in [0.2, 0.25) is 0 Å². The van der Waals surface area contributed by atoms with Gasteiger partial charge in [-0.2, -0.15) is 10.5 Å². The summed E-state index contributed by atoms with van der Waals surface area (Å²) in [5.74, 6) is -1.14. The van der Waals surface area contributed by atoms with E-state index in [-0.39, 0.29) is 23.6 Å². The summed E-state index contributed by atoms with van der Waals surface area (Å²) in [5.41, 5.74) is 0.0621. The van der Waals surface area contributed by atoms with Crippen LogP contribution in [-0.2, 0) is 23.4 Å². The highest BCUT2D eigenvalue weighted by atomic mass is 32.2. The predicted octanol–water partition coefficient (Wildman–Crippen LogP) is 7.35. The van der Waals surface area contributed by atoms with Gasteiger partial charge in [0.15, 0.2) is 11.4 Å². The second-order valence-corrected chi connectivity index (χ2v) is 17.2. The topological polar surface area (TPSA) is 159 Å². The van der Waals surface area contributed by atoms with Crippen LogP contribution in [0.3, 0.4) is 0 Å². The summed E-state index contributed by atoms with van der Waals surface area (Å²) in [5, 5.41) is 25.7. The van der Waals surface area contributed by atoms with Crippen molar-refractivity contribution in [2.24, 2.45) is 5.92 Å². The van der Waals surface area contributed by atoms with E-state index < -0.39 is 45.0 Å². The molecule has 1 aliphatic carbocycles. The molecule has 11 nitrogen and oxygen atoms in total. The highest BCUT2D eigenvalue weighted by molar-refractivity contribution is 7.90. The van der Waals surface area contributed by atoms with Gasteiger partial charge in [-0.15, -0.1) is 9.82 Å². The van der Waals surface area contributed by atoms with Gasteiger partial charge in [0.25, 0.3) is 5.91 Å². The largest absolute Gasteiger partial charge is 0.598 e. The van der Waals surface area contributed by atoms with Crippen molar-refractivity contribution in [3.05, 3.63) is 118 Å². The normalized spacial score (nSPS) is 14.7. The van der Waals surface area contributed by atoms with Crippen LogP contribution >= 0.6 is 0 Å². The van der Waals surface area contributed by atoms with Crippen molar-refractivity contribution < 1.29 is 23.4 Å². The third kappa shape index (κ3) is 9.43. The lowest BCUT2D eigenvalue weighted by Gasteiger charge is -2.39. The number of halogens is 1. The van der Waals surface area contributed by atoms with E-state index in [0.717, 1.165) is 36.5 Å². The standard InChI is InChI=1S/C40H44FN7O4S/c1-38(2,3)47(26-29-10-8-7-9-11-29)37(50)52-48-35(23-32(25-43)45-48)36(49)44-34-22-31(18-19-33(34)41)40(21-20-27-12-13-27,46-53(51)39(4,5)6)30-16-14-28(24-42)15-17-30/h7-11,14-19,22-23,27,46H,12-13,20-21,26H2,1-6H3,(H,44,49)/t40-,53?/m1/s1. The van der Waals surface area contributed by atoms with Crippen molar-refractivity contribution in [1.82, 2.24) is 19.6 Å².